The van der Waals surface area contributed by atoms with E-state index in [1.54, 1.807) is 76.2 Å². The molecule has 0 amide bonds. The van der Waals surface area contributed by atoms with Gasteiger partial charge in [0.15, 0.2) is 0 Å². The molecule has 1 unspecified atom stereocenters. The number of carbonyl (C=O) groups excluding carboxylic acids is 4. The van der Waals surface area contributed by atoms with E-state index in [1.807, 2.05) is 48.5 Å². The van der Waals surface area contributed by atoms with Crippen molar-refractivity contribution in [1.82, 2.24) is 0 Å². The standard InChI is InChI=1S/C12H14BrO2.C11H9O2.C8H6BrO.C8H7O.C3H6O2.CH4O.5CH4.8CH3.Br2.4W.4Y/c1-2-12(14)15-9-11(8-13)10-6-4-3-5-7-10;1-8-10(7-13-11(8)12)9-5-3-2-4-6-9;9-6-8(10)7-4-2-1-3-5-7;1-7(9)8-5-3-2-4-6-8;1-2-3(4)5;1-2;;;;;;;;;;;;;;1-2;;;;;;;;/h4-7,11H,2,8-9H2,1H3;3-6H,7H2,1H3;2-5H,6H2;3-6H,1H3;2H2,1H3,(H,4,5);2H,1H3;5*1H4;8*1H3;;;;;;;;;/q4*-1;;;;;;;;8*-1;;;;;;;;;. The quantitative estimate of drug-likeness (QED) is 0.0686. The average Bonchev–Trinajstić information content (AvgIpc) is 3.61. The minimum absolute atomic E-state index is 0. The van der Waals surface area contributed by atoms with Crippen molar-refractivity contribution < 1.29 is 259 Å². The van der Waals surface area contributed by atoms with Crippen molar-refractivity contribution in [2.75, 3.05) is 31.0 Å². The molecule has 4 aromatic carbocycles. The van der Waals surface area contributed by atoms with Gasteiger partial charge in [0.1, 0.15) is 18.2 Å². The third-order valence-electron chi connectivity index (χ3n) is 6.90. The van der Waals surface area contributed by atoms with E-state index in [2.05, 4.69) is 84.4 Å². The second kappa shape index (κ2) is 107. The molecule has 0 spiro atoms. The van der Waals surface area contributed by atoms with Crippen LogP contribution in [0.15, 0.2) is 103 Å². The number of esters is 2. The molecular formula is C56H90Br4O9W4Y4-12. The van der Waals surface area contributed by atoms with Gasteiger partial charge in [0.05, 0.1) is 11.9 Å². The molecule has 1 atom stereocenters. The van der Waals surface area contributed by atoms with Gasteiger partial charge >= 0.3 is 17.9 Å². The van der Waals surface area contributed by atoms with Crippen molar-refractivity contribution in [3.63, 3.8) is 0 Å². The van der Waals surface area contributed by atoms with Crippen LogP contribution >= 0.6 is 60.1 Å². The Hall–Kier alpha value is 3.42. The molecule has 21 heteroatoms. The third kappa shape index (κ3) is 79.4. The van der Waals surface area contributed by atoms with Crippen molar-refractivity contribution in [3.05, 3.63) is 209 Å². The largest absolute Gasteiger partial charge is 0.481 e. The molecule has 2 N–H and O–H groups in total. The number of ether oxygens (including phenoxy) is 2. The fraction of sp³-hybridized carbons (Fsp3) is 0.304. The van der Waals surface area contributed by atoms with E-state index >= 15 is 0 Å². The summed E-state index contributed by atoms with van der Waals surface area (Å²) >= 11 is 12.0. The Morgan fingerprint density at radius 2 is 0.922 bits per heavy atom. The number of hydrogen-bond acceptors (Lipinski definition) is 8. The van der Waals surface area contributed by atoms with E-state index in [0.717, 1.165) is 40.3 Å². The number of rotatable bonds is 10. The van der Waals surface area contributed by atoms with Crippen molar-refractivity contribution >= 4 is 95.2 Å². The summed E-state index contributed by atoms with van der Waals surface area (Å²) < 4.78 is 10.0. The second-order valence-corrected chi connectivity index (χ2v) is 11.8. The second-order valence-electron chi connectivity index (χ2n) is 10.6. The molecule has 9 nitrogen and oxygen atoms in total. The monoisotopic (exact) mass is 2310 g/mol. The van der Waals surface area contributed by atoms with Gasteiger partial charge in [-0.1, -0.05) is 94.0 Å². The van der Waals surface area contributed by atoms with Crippen molar-refractivity contribution in [3.8, 4) is 0 Å². The molecule has 5 rings (SSSR count). The molecule has 1 heterocycles. The minimum atomic E-state index is -0.745. The van der Waals surface area contributed by atoms with E-state index in [0.29, 0.717) is 30.5 Å². The maximum Gasteiger partial charge on any atom is 0.334 e. The van der Waals surface area contributed by atoms with Gasteiger partial charge in [-0.15, -0.1) is 5.56 Å². The normalized spacial score (nSPS) is 8.00. The smallest absolute Gasteiger partial charge is 0.334 e. The zero-order valence-electron chi connectivity index (χ0n) is 43.8. The first-order valence-corrected chi connectivity index (χ1v) is 22.8. The minimum Gasteiger partial charge on any atom is -0.481 e. The summed E-state index contributed by atoms with van der Waals surface area (Å²) in [5.41, 5.74) is 5.38. The molecular weight excluding hydrogens is 2230 g/mol. The number of carbonyl (C=O) groups is 5. The number of halogens is 4. The van der Waals surface area contributed by atoms with Crippen LogP contribution in [0.2, 0.25) is 0 Å². The van der Waals surface area contributed by atoms with Gasteiger partial charge in [-0.3, -0.25) is 19.2 Å². The van der Waals surface area contributed by atoms with E-state index in [1.165, 1.54) is 0 Å². The van der Waals surface area contributed by atoms with Crippen LogP contribution in [-0.4, -0.2) is 70.7 Å². The van der Waals surface area contributed by atoms with Gasteiger partial charge in [-0.2, -0.15) is 127 Å². The van der Waals surface area contributed by atoms with Crippen LogP contribution in [0.3, 0.4) is 0 Å². The van der Waals surface area contributed by atoms with E-state index < -0.39 is 5.97 Å². The van der Waals surface area contributed by atoms with Crippen molar-refractivity contribution in [1.29, 1.82) is 0 Å². The molecule has 0 bridgehead atoms. The summed E-state index contributed by atoms with van der Waals surface area (Å²) in [5, 5.41) is 15.9. The molecule has 4 aromatic rings. The molecule has 0 saturated heterocycles. The molecule has 0 aliphatic carbocycles. The number of Topliss-reactive ketones (excluding diaryl/α,β-unsaturated/α-hetero) is 2. The number of benzene rings is 4. The molecule has 0 aromatic heterocycles. The van der Waals surface area contributed by atoms with Crippen molar-refractivity contribution in [2.45, 2.75) is 83.6 Å². The zero-order valence-corrected chi connectivity index (χ0v) is 73.2. The fourth-order valence-corrected chi connectivity index (χ4v) is 4.72. The van der Waals surface area contributed by atoms with Gasteiger partial charge in [0.25, 0.3) is 0 Å². The molecule has 1 aliphatic heterocycles. The van der Waals surface area contributed by atoms with E-state index in [4.69, 9.17) is 19.7 Å². The van der Waals surface area contributed by atoms with Crippen LogP contribution in [0.25, 0.3) is 5.57 Å². The maximum absolute atomic E-state index is 11.1. The first-order valence-electron chi connectivity index (χ1n) is 16.8. The number of carboxylic acids is 1. The Morgan fingerprint density at radius 1 is 0.610 bits per heavy atom. The first kappa shape index (κ1) is 154. The molecule has 4 radical (unpaired) electrons. The summed E-state index contributed by atoms with van der Waals surface area (Å²) in [5.74, 6) is -0.677. The van der Waals surface area contributed by atoms with Crippen LogP contribution in [-0.2, 0) is 239 Å². The molecule has 0 saturated carbocycles. The summed E-state index contributed by atoms with van der Waals surface area (Å²) in [6, 6.07) is 40.8. The van der Waals surface area contributed by atoms with Crippen LogP contribution in [0.4, 0.5) is 0 Å². The Morgan fingerprint density at radius 3 is 1.17 bits per heavy atom. The summed E-state index contributed by atoms with van der Waals surface area (Å²) in [4.78, 5) is 53.0. The van der Waals surface area contributed by atoms with Gasteiger partial charge in [0.2, 0.25) is 0 Å². The van der Waals surface area contributed by atoms with Crippen LogP contribution in [0.5, 0.6) is 0 Å². The van der Waals surface area contributed by atoms with Crippen LogP contribution in [0.1, 0.15) is 115 Å². The number of cyclic esters (lactones) is 1. The summed E-state index contributed by atoms with van der Waals surface area (Å²) in [6.07, 6.45) is 0.650. The Labute approximate surface area is 665 Å². The van der Waals surface area contributed by atoms with Gasteiger partial charge in [-0.05, 0) is 19.4 Å². The van der Waals surface area contributed by atoms with Gasteiger partial charge in [0, 0.05) is 280 Å². The molecule has 1 aliphatic rings. The topological polar surface area (TPSA) is 144 Å². The number of aliphatic hydroxyl groups is 1. The molecule has 77 heavy (non-hydrogen) atoms. The number of hydrogen-bond donors (Lipinski definition) is 2. The van der Waals surface area contributed by atoms with Gasteiger partial charge in [-0.25, -0.2) is 4.79 Å². The number of aliphatic carboxylic acids is 1. The number of ketones is 2. The fourth-order valence-electron chi connectivity index (χ4n) is 3.83. The van der Waals surface area contributed by atoms with Crippen LogP contribution < -0.4 is 0 Å². The van der Waals surface area contributed by atoms with Crippen LogP contribution in [0, 0.1) is 83.7 Å². The van der Waals surface area contributed by atoms with E-state index in [9.17, 15) is 24.0 Å². The Kier molecular flexibility index (Phi) is 215. The van der Waals surface area contributed by atoms with Gasteiger partial charge < -0.3 is 79.1 Å². The number of aliphatic hydroxyl groups excluding tert-OH is 1. The third-order valence-corrected chi connectivity index (χ3v) is 8.19. The Bertz CT molecular complexity index is 1740. The first-order chi connectivity index (χ1) is 27.0. The molecule has 444 valence electrons. The van der Waals surface area contributed by atoms with Crippen molar-refractivity contribution in [2.24, 2.45) is 0 Å². The van der Waals surface area contributed by atoms with E-state index in [-0.39, 0.29) is 347 Å². The maximum atomic E-state index is 11.1. The average molecular weight is 2320 g/mol. The summed E-state index contributed by atoms with van der Waals surface area (Å²) in [7, 11) is 1.00. The predicted octanol–water partition coefficient (Wildman–Crippen LogP) is 17.0. The SMILES string of the molecule is BrBr.C.C.C.C.C.CC(=O)c1cc[c-]cc1.CC1=C(c2cc[c-]cc2)COC1=O.CCC(=O)O.CCC(=O)OCC(CBr)c1cc[c-]cc1.CO.O=C(CBr)c1cc[c-]cc1.[CH3-].[CH3-].[CH3-].[CH3-].[CH3-].[CH3-].[CH3-].[CH3-].[W].[W].[W].[W].[Y].[Y].[Y].[Y]. The summed E-state index contributed by atoms with van der Waals surface area (Å²) in [6.45, 7) is 7.57. The Balaban J connectivity index is -0.0000000212. The zero-order chi connectivity index (χ0) is 42.7. The number of carboxylic acid groups (broad SMARTS) is 1. The number of alkyl halides is 2. The predicted molar refractivity (Wildman–Crippen MR) is 319 cm³/mol. The molecule has 0 fully saturated rings.